The summed E-state index contributed by atoms with van der Waals surface area (Å²) in [5.41, 5.74) is 0.668. The maximum atomic E-state index is 13.8. The van der Waals surface area contributed by atoms with Crippen molar-refractivity contribution in [3.8, 4) is 6.07 Å². The topological polar surface area (TPSA) is 59.4 Å². The average molecular weight is 332 g/mol. The molecule has 1 saturated heterocycles. The van der Waals surface area contributed by atoms with Crippen LogP contribution in [0.25, 0.3) is 0 Å². The molecule has 1 aliphatic heterocycles. The van der Waals surface area contributed by atoms with Gasteiger partial charge >= 0.3 is 6.03 Å². The minimum absolute atomic E-state index is 0.132. The largest absolute Gasteiger partial charge is 0.334 e. The first kappa shape index (κ1) is 18.2. The minimum atomic E-state index is -0.463. The van der Waals surface area contributed by atoms with Gasteiger partial charge in [0.25, 0.3) is 0 Å². The van der Waals surface area contributed by atoms with E-state index in [0.29, 0.717) is 11.5 Å². The van der Waals surface area contributed by atoms with E-state index in [4.69, 9.17) is 5.26 Å². The zero-order valence-corrected chi connectivity index (χ0v) is 14.4. The fraction of sp³-hybridized carbons (Fsp3) is 0.556. The number of urea groups is 1. The summed E-state index contributed by atoms with van der Waals surface area (Å²) in [6.07, 6.45) is 2.14. The molecule has 0 saturated carbocycles. The third-order valence-electron chi connectivity index (χ3n) is 4.36. The van der Waals surface area contributed by atoms with Crippen LogP contribution < -0.4 is 5.32 Å². The summed E-state index contributed by atoms with van der Waals surface area (Å²) in [6, 6.07) is 6.03. The highest BCUT2D eigenvalue weighted by molar-refractivity contribution is 5.74. The van der Waals surface area contributed by atoms with Crippen molar-refractivity contribution in [3.63, 3.8) is 0 Å². The Morgan fingerprint density at radius 2 is 2.33 bits per heavy atom. The first-order valence-electron chi connectivity index (χ1n) is 8.43. The van der Waals surface area contributed by atoms with Crippen LogP contribution in [-0.4, -0.2) is 49.1 Å². The second-order valence-electron chi connectivity index (χ2n) is 6.44. The van der Waals surface area contributed by atoms with Gasteiger partial charge in [-0.15, -0.1) is 0 Å². The zero-order chi connectivity index (χ0) is 17.5. The standard InChI is InChI=1S/C18H25FN4O/c1-3-7-22(2)12-15-6-8-23(13-15)18(24)21-11-16-5-4-14(10-20)9-17(16)19/h4-5,9,15H,3,6-8,11-13H2,1-2H3,(H,21,24)/t15-/m1/s1. The van der Waals surface area contributed by atoms with Crippen LogP contribution in [-0.2, 0) is 6.54 Å². The Balaban J connectivity index is 1.80. The van der Waals surface area contributed by atoms with Crippen LogP contribution in [0.4, 0.5) is 9.18 Å². The molecule has 1 N–H and O–H groups in total. The fourth-order valence-electron chi connectivity index (χ4n) is 3.12. The molecular weight excluding hydrogens is 307 g/mol. The van der Waals surface area contributed by atoms with Gasteiger partial charge in [-0.05, 0) is 44.5 Å². The van der Waals surface area contributed by atoms with E-state index in [1.54, 1.807) is 17.0 Å². The smallest absolute Gasteiger partial charge is 0.317 e. The molecule has 1 aromatic rings. The molecule has 0 aliphatic carbocycles. The Hall–Kier alpha value is -2.13. The number of nitrogens with one attached hydrogen (secondary N) is 1. The van der Waals surface area contributed by atoms with Crippen molar-refractivity contribution >= 4 is 6.03 Å². The molecule has 5 nitrogen and oxygen atoms in total. The SMILES string of the molecule is CCCN(C)C[C@H]1CCN(C(=O)NCc2ccc(C#N)cc2F)C1. The van der Waals surface area contributed by atoms with E-state index in [1.165, 1.54) is 6.07 Å². The number of hydrogen-bond acceptors (Lipinski definition) is 3. The number of halogens is 1. The summed E-state index contributed by atoms with van der Waals surface area (Å²) in [7, 11) is 2.11. The Morgan fingerprint density at radius 1 is 1.54 bits per heavy atom. The van der Waals surface area contributed by atoms with Crippen LogP contribution in [0.15, 0.2) is 18.2 Å². The molecule has 2 amide bonds. The van der Waals surface area contributed by atoms with Gasteiger partial charge in [-0.2, -0.15) is 5.26 Å². The first-order valence-corrected chi connectivity index (χ1v) is 8.43. The molecule has 24 heavy (non-hydrogen) atoms. The lowest BCUT2D eigenvalue weighted by Crippen LogP contribution is -2.39. The number of carbonyl (C=O) groups excluding carboxylic acids is 1. The number of amides is 2. The van der Waals surface area contributed by atoms with Crippen molar-refractivity contribution < 1.29 is 9.18 Å². The molecule has 0 radical (unpaired) electrons. The van der Waals surface area contributed by atoms with Gasteiger partial charge in [0.15, 0.2) is 0 Å². The van der Waals surface area contributed by atoms with Crippen molar-refractivity contribution in [3.05, 3.63) is 35.1 Å². The molecule has 0 bridgehead atoms. The van der Waals surface area contributed by atoms with Crippen molar-refractivity contribution in [1.29, 1.82) is 5.26 Å². The normalized spacial score (nSPS) is 17.1. The minimum Gasteiger partial charge on any atom is -0.334 e. The summed E-state index contributed by atoms with van der Waals surface area (Å²) in [5, 5.41) is 11.5. The molecule has 1 fully saturated rings. The summed E-state index contributed by atoms with van der Waals surface area (Å²) < 4.78 is 13.8. The quantitative estimate of drug-likeness (QED) is 0.871. The molecule has 1 aromatic carbocycles. The number of carbonyl (C=O) groups is 1. The van der Waals surface area contributed by atoms with Gasteiger partial charge < -0.3 is 15.1 Å². The molecule has 130 valence electrons. The predicted molar refractivity (Wildman–Crippen MR) is 90.8 cm³/mol. The van der Waals surface area contributed by atoms with E-state index in [0.717, 1.165) is 39.0 Å². The van der Waals surface area contributed by atoms with Crippen molar-refractivity contribution in [2.75, 3.05) is 33.2 Å². The number of hydrogen-bond donors (Lipinski definition) is 1. The molecule has 2 rings (SSSR count). The Bertz CT molecular complexity index is 614. The van der Waals surface area contributed by atoms with Gasteiger partial charge in [0.1, 0.15) is 5.82 Å². The maximum Gasteiger partial charge on any atom is 0.317 e. The summed E-state index contributed by atoms with van der Waals surface area (Å²) in [5.74, 6) is 0.0359. The van der Waals surface area contributed by atoms with Gasteiger partial charge in [-0.3, -0.25) is 0 Å². The monoisotopic (exact) mass is 332 g/mol. The average Bonchev–Trinajstić information content (AvgIpc) is 3.02. The maximum absolute atomic E-state index is 13.8. The highest BCUT2D eigenvalue weighted by Gasteiger charge is 2.26. The second kappa shape index (κ2) is 8.65. The van der Waals surface area contributed by atoms with Crippen molar-refractivity contribution in [1.82, 2.24) is 15.1 Å². The molecule has 0 spiro atoms. The zero-order valence-electron chi connectivity index (χ0n) is 14.4. The first-order chi connectivity index (χ1) is 11.5. The van der Waals surface area contributed by atoms with E-state index in [2.05, 4.69) is 24.2 Å². The number of likely N-dealkylation sites (tertiary alicyclic amines) is 1. The Morgan fingerprint density at radius 3 is 3.00 bits per heavy atom. The summed E-state index contributed by atoms with van der Waals surface area (Å²) in [6.45, 7) is 5.85. The number of nitrogens with zero attached hydrogens (tertiary/aromatic N) is 3. The third kappa shape index (κ3) is 4.93. The van der Waals surface area contributed by atoms with Crippen molar-refractivity contribution in [2.24, 2.45) is 5.92 Å². The van der Waals surface area contributed by atoms with Crippen molar-refractivity contribution in [2.45, 2.75) is 26.3 Å². The Kier molecular flexibility index (Phi) is 6.56. The lowest BCUT2D eigenvalue weighted by atomic mass is 10.1. The van der Waals surface area contributed by atoms with Gasteiger partial charge in [-0.1, -0.05) is 13.0 Å². The van der Waals surface area contributed by atoms with Gasteiger partial charge in [0, 0.05) is 31.7 Å². The Labute approximate surface area is 143 Å². The molecule has 6 heteroatoms. The van der Waals surface area contributed by atoms with E-state index in [1.807, 2.05) is 6.07 Å². The highest BCUT2D eigenvalue weighted by Crippen LogP contribution is 2.17. The molecule has 0 unspecified atom stereocenters. The number of benzene rings is 1. The van der Waals surface area contributed by atoms with E-state index in [-0.39, 0.29) is 18.1 Å². The predicted octanol–water partition coefficient (Wildman–Crippen LogP) is 2.57. The van der Waals surface area contributed by atoms with Gasteiger partial charge in [0.05, 0.1) is 11.6 Å². The van der Waals surface area contributed by atoms with Crippen LogP contribution in [0.1, 0.15) is 30.9 Å². The van der Waals surface area contributed by atoms with Gasteiger partial charge in [-0.25, -0.2) is 9.18 Å². The fourth-order valence-corrected chi connectivity index (χ4v) is 3.12. The lowest BCUT2D eigenvalue weighted by Gasteiger charge is -2.21. The summed E-state index contributed by atoms with van der Waals surface area (Å²) in [4.78, 5) is 16.3. The molecule has 1 aliphatic rings. The molecule has 0 aromatic heterocycles. The van der Waals surface area contributed by atoms with Crippen LogP contribution in [0.3, 0.4) is 0 Å². The van der Waals surface area contributed by atoms with Crippen LogP contribution in [0.2, 0.25) is 0 Å². The van der Waals surface area contributed by atoms with E-state index >= 15 is 0 Å². The summed E-state index contributed by atoms with van der Waals surface area (Å²) >= 11 is 0. The van der Waals surface area contributed by atoms with Crippen LogP contribution in [0.5, 0.6) is 0 Å². The second-order valence-corrected chi connectivity index (χ2v) is 6.44. The van der Waals surface area contributed by atoms with E-state index < -0.39 is 5.82 Å². The third-order valence-corrected chi connectivity index (χ3v) is 4.36. The van der Waals surface area contributed by atoms with Crippen LogP contribution >= 0.6 is 0 Å². The van der Waals surface area contributed by atoms with Gasteiger partial charge in [0.2, 0.25) is 0 Å². The number of rotatable bonds is 6. The molecule has 1 heterocycles. The molecule has 1 atom stereocenters. The van der Waals surface area contributed by atoms with Crippen LogP contribution in [0, 0.1) is 23.1 Å². The molecular formula is C18H25FN4O. The highest BCUT2D eigenvalue weighted by atomic mass is 19.1. The number of nitriles is 1. The van der Waals surface area contributed by atoms with E-state index in [9.17, 15) is 9.18 Å². The lowest BCUT2D eigenvalue weighted by molar-refractivity contribution is 0.203.